The van der Waals surface area contributed by atoms with Crippen LogP contribution >= 0.6 is 0 Å². The Hall–Kier alpha value is -0.640. The zero-order valence-electron chi connectivity index (χ0n) is 75.6. The maximum atomic E-state index is 11.3. The number of aliphatic hydroxyl groups excluding tert-OH is 5. The van der Waals surface area contributed by atoms with Crippen LogP contribution in [0.25, 0.3) is 0 Å². The molecular weight excluding hydrogens is 1400 g/mol. The van der Waals surface area contributed by atoms with Crippen molar-refractivity contribution in [3.63, 3.8) is 0 Å². The summed E-state index contributed by atoms with van der Waals surface area (Å²) in [5, 5.41) is 55.8. The van der Waals surface area contributed by atoms with Gasteiger partial charge in [0, 0.05) is 125 Å². The lowest BCUT2D eigenvalue weighted by atomic mass is 10.0. The summed E-state index contributed by atoms with van der Waals surface area (Å²) >= 11 is 0. The lowest BCUT2D eigenvalue weighted by Gasteiger charge is -2.36. The Balaban J connectivity index is 2.46. The van der Waals surface area contributed by atoms with Crippen molar-refractivity contribution in [3.05, 3.63) is 0 Å². The first kappa shape index (κ1) is 109. The Morgan fingerprint density at radius 2 is 0.375 bits per heavy atom. The molecule has 5 N–H and O–H groups in total. The molecule has 672 valence electrons. The molecular formula is C96H197N5O11. The molecule has 16 heteroatoms. The number of ether oxygens (including phenoxy) is 6. The molecule has 0 amide bonds. The third-order valence-corrected chi connectivity index (χ3v) is 23.5. The van der Waals surface area contributed by atoms with Gasteiger partial charge in [0.1, 0.15) is 0 Å². The van der Waals surface area contributed by atoms with E-state index in [1.54, 1.807) is 0 Å². The molecule has 0 saturated carbocycles. The van der Waals surface area contributed by atoms with Crippen LogP contribution in [0.4, 0.5) is 0 Å². The average molecular weight is 1600 g/mol. The summed E-state index contributed by atoms with van der Waals surface area (Å²) < 4.78 is 35.9. The highest BCUT2D eigenvalue weighted by Crippen LogP contribution is 2.20. The molecule has 1 fully saturated rings. The van der Waals surface area contributed by atoms with Crippen molar-refractivity contribution in [2.75, 3.05) is 177 Å². The van der Waals surface area contributed by atoms with E-state index in [0.717, 1.165) is 168 Å². The van der Waals surface area contributed by atoms with E-state index < -0.39 is 0 Å². The maximum Gasteiger partial charge on any atom is 0.0701 e. The van der Waals surface area contributed by atoms with Crippen LogP contribution < -0.4 is 0 Å². The predicted molar refractivity (Wildman–Crippen MR) is 478 cm³/mol. The lowest BCUT2D eigenvalue weighted by molar-refractivity contribution is 0.00827. The first-order valence-corrected chi connectivity index (χ1v) is 49.6. The highest BCUT2D eigenvalue weighted by Gasteiger charge is 2.21. The van der Waals surface area contributed by atoms with Gasteiger partial charge in [-0.15, -0.1) is 0 Å². The normalized spacial score (nSPS) is 14.7. The van der Waals surface area contributed by atoms with E-state index in [1.807, 2.05) is 0 Å². The van der Waals surface area contributed by atoms with E-state index in [-0.39, 0.29) is 30.5 Å². The summed E-state index contributed by atoms with van der Waals surface area (Å²) in [6.07, 6.45) is 71.1. The van der Waals surface area contributed by atoms with Gasteiger partial charge in [-0.25, -0.2) is 0 Å². The Morgan fingerprint density at radius 3 is 0.607 bits per heavy atom. The molecule has 5 atom stereocenters. The van der Waals surface area contributed by atoms with Crippen molar-refractivity contribution in [2.45, 2.75) is 444 Å². The number of hydrogen-bond acceptors (Lipinski definition) is 16. The largest absolute Gasteiger partial charge is 0.392 e. The number of aliphatic hydroxyl groups is 5. The van der Waals surface area contributed by atoms with Gasteiger partial charge in [-0.05, 0) is 57.8 Å². The Kier molecular flexibility index (Phi) is 87.5. The first-order chi connectivity index (χ1) is 55.1. The molecule has 1 aliphatic rings. The summed E-state index contributed by atoms with van der Waals surface area (Å²) in [7, 11) is 0. The third-order valence-electron chi connectivity index (χ3n) is 23.5. The van der Waals surface area contributed by atoms with Gasteiger partial charge in [-0.3, -0.25) is 19.6 Å². The van der Waals surface area contributed by atoms with E-state index >= 15 is 0 Å². The number of nitrogens with zero attached hydrogens (tertiary/aromatic N) is 5. The fourth-order valence-corrected chi connectivity index (χ4v) is 16.3. The van der Waals surface area contributed by atoms with Crippen LogP contribution in [-0.2, 0) is 28.4 Å². The molecule has 0 spiro atoms. The molecule has 0 aliphatic carbocycles. The van der Waals surface area contributed by atoms with Gasteiger partial charge in [-0.1, -0.05) is 356 Å². The van der Waals surface area contributed by atoms with Gasteiger partial charge in [0.25, 0.3) is 0 Å². The molecule has 5 unspecified atom stereocenters. The minimum atomic E-state index is -0.361. The van der Waals surface area contributed by atoms with E-state index in [2.05, 4.69) is 59.1 Å². The SMILES string of the molecule is CCCCCCCCCCCCC(O)CN(CCCOCCOCCOCCCN(CC(O)CCCCCCCCCCCC)CC(O)CCCCCCCCCCCC)CCN1CCN(CCCOCCOCCOCCCN(CC(O)CCCCCCCCCCCC)CC(O)CCCCCCCCCCCC)CC1. The Morgan fingerprint density at radius 1 is 0.196 bits per heavy atom. The number of hydrogen-bond donors (Lipinski definition) is 5. The summed E-state index contributed by atoms with van der Waals surface area (Å²) in [5.41, 5.74) is 0. The average Bonchev–Trinajstić information content (AvgIpc) is 0.900. The van der Waals surface area contributed by atoms with Crippen molar-refractivity contribution in [3.8, 4) is 0 Å². The third kappa shape index (κ3) is 80.4. The molecule has 1 aliphatic heterocycles. The van der Waals surface area contributed by atoms with Crippen LogP contribution in [0.15, 0.2) is 0 Å². The van der Waals surface area contributed by atoms with Crippen molar-refractivity contribution in [2.24, 2.45) is 0 Å². The highest BCUT2D eigenvalue weighted by atomic mass is 16.5. The molecule has 0 aromatic rings. The monoisotopic (exact) mass is 1600 g/mol. The lowest BCUT2D eigenvalue weighted by Crippen LogP contribution is -2.49. The predicted octanol–water partition coefficient (Wildman–Crippen LogP) is 21.5. The smallest absolute Gasteiger partial charge is 0.0701 e. The van der Waals surface area contributed by atoms with Crippen LogP contribution in [0.5, 0.6) is 0 Å². The molecule has 0 bridgehead atoms. The molecule has 1 rings (SSSR count). The van der Waals surface area contributed by atoms with Crippen LogP contribution in [0.2, 0.25) is 0 Å². The second-order valence-electron chi connectivity index (χ2n) is 34.7. The topological polar surface area (TPSA) is 173 Å². The van der Waals surface area contributed by atoms with Gasteiger partial charge < -0.3 is 58.9 Å². The maximum absolute atomic E-state index is 11.3. The molecule has 1 saturated heterocycles. The number of piperazine rings is 1. The highest BCUT2D eigenvalue weighted by molar-refractivity contribution is 4.76. The van der Waals surface area contributed by atoms with E-state index in [4.69, 9.17) is 28.4 Å². The minimum Gasteiger partial charge on any atom is -0.392 e. The van der Waals surface area contributed by atoms with E-state index in [9.17, 15) is 25.5 Å². The molecule has 0 aromatic heterocycles. The summed E-state index contributed by atoms with van der Waals surface area (Å²) in [6, 6.07) is 0. The summed E-state index contributed by atoms with van der Waals surface area (Å²) in [6.45, 7) is 31.6. The van der Waals surface area contributed by atoms with Gasteiger partial charge in [-0.2, -0.15) is 0 Å². The van der Waals surface area contributed by atoms with E-state index in [1.165, 1.54) is 289 Å². The summed E-state index contributed by atoms with van der Waals surface area (Å²) in [5.74, 6) is 0. The van der Waals surface area contributed by atoms with Crippen LogP contribution in [0.1, 0.15) is 413 Å². The summed E-state index contributed by atoms with van der Waals surface area (Å²) in [4.78, 5) is 12.2. The van der Waals surface area contributed by atoms with Crippen molar-refractivity contribution in [1.82, 2.24) is 24.5 Å². The van der Waals surface area contributed by atoms with Crippen molar-refractivity contribution in [1.29, 1.82) is 0 Å². The second-order valence-corrected chi connectivity index (χ2v) is 34.7. The fraction of sp³-hybridized carbons (Fsp3) is 1.00. The number of unbranched alkanes of at least 4 members (excludes halogenated alkanes) is 45. The van der Waals surface area contributed by atoms with Crippen molar-refractivity contribution < 1.29 is 54.0 Å². The molecule has 1 heterocycles. The van der Waals surface area contributed by atoms with Crippen molar-refractivity contribution >= 4 is 0 Å². The molecule has 0 radical (unpaired) electrons. The first-order valence-electron chi connectivity index (χ1n) is 49.6. The van der Waals surface area contributed by atoms with Gasteiger partial charge in [0.2, 0.25) is 0 Å². The molecule has 0 aromatic carbocycles. The Bertz CT molecular complexity index is 1700. The van der Waals surface area contributed by atoms with E-state index in [0.29, 0.717) is 98.9 Å². The quantitative estimate of drug-likeness (QED) is 0.0364. The zero-order valence-corrected chi connectivity index (χ0v) is 75.6. The zero-order chi connectivity index (χ0) is 80.8. The second kappa shape index (κ2) is 89.6. The van der Waals surface area contributed by atoms with Crippen LogP contribution in [0, 0.1) is 0 Å². The van der Waals surface area contributed by atoms with Gasteiger partial charge >= 0.3 is 0 Å². The number of rotatable bonds is 96. The Labute approximate surface area is 696 Å². The minimum absolute atomic E-state index is 0.303. The van der Waals surface area contributed by atoms with Gasteiger partial charge in [0.05, 0.1) is 83.4 Å². The van der Waals surface area contributed by atoms with Crippen LogP contribution in [0.3, 0.4) is 0 Å². The van der Waals surface area contributed by atoms with Crippen LogP contribution in [-0.4, -0.2) is 258 Å². The molecule has 16 nitrogen and oxygen atoms in total. The standard InChI is InChI=1S/C96H197N5O11/c1-6-11-16-21-26-31-36-41-46-51-60-92(102)87-99(66-57-76-108-80-84-112-86-82-110-78-59-68-101(90-95(105)63-54-49-44-39-34-29-24-19-14-9-4)91-96(106)64-55-50-45-40-35-30-25-20-15-10-5)74-73-98-71-69-97(70-72-98)65-56-75-107-79-83-111-85-81-109-77-58-67-100(88-93(103)61-52-47-42-37-32-27-22-17-12-7-2)89-94(104)62-53-48-43-38-33-28-23-18-13-8-3/h92-96,102-106H,6-91H2,1-5H3. The fourth-order valence-electron chi connectivity index (χ4n) is 16.3. The van der Waals surface area contributed by atoms with Gasteiger partial charge in [0.15, 0.2) is 0 Å². The molecule has 112 heavy (non-hydrogen) atoms.